The van der Waals surface area contributed by atoms with E-state index in [0.717, 1.165) is 12.3 Å². The number of hydrogen-bond donors (Lipinski definition) is 1. The zero-order chi connectivity index (χ0) is 27.0. The highest BCUT2D eigenvalue weighted by molar-refractivity contribution is 5.79. The molecule has 12 nitrogen and oxygen atoms in total. The van der Waals surface area contributed by atoms with E-state index in [0.29, 0.717) is 43.9 Å². The van der Waals surface area contributed by atoms with E-state index >= 15 is 0 Å². The number of urea groups is 1. The van der Waals surface area contributed by atoms with Crippen molar-refractivity contribution < 1.29 is 22.8 Å². The van der Waals surface area contributed by atoms with Crippen molar-refractivity contribution in [3.63, 3.8) is 0 Å². The maximum absolute atomic E-state index is 14.6. The van der Waals surface area contributed by atoms with Gasteiger partial charge >= 0.3 is 6.03 Å². The molecule has 2 N–H and O–H groups in total. The molecule has 1 fully saturated rings. The standard InChI is InChI=1S/C23H23F3N10O2/c1-13-20(31-32-35(13)12-19(27)37)21-17(26)11-28-22(30-21)33-4-6-34(7-5-33)23(38)36-18(2-3-29-36)14-8-15(24)10-16(25)9-14/h3,8-11,18H,2,4-7,12H2,1H3,(H2,27,37). The molecular formula is C23H23F3N10O2. The van der Waals surface area contributed by atoms with E-state index in [1.807, 2.05) is 0 Å². The summed E-state index contributed by atoms with van der Waals surface area (Å²) in [6.07, 6.45) is 2.91. The number of benzene rings is 1. The summed E-state index contributed by atoms with van der Waals surface area (Å²) < 4.78 is 43.4. The van der Waals surface area contributed by atoms with Crippen LogP contribution in [0.2, 0.25) is 0 Å². The first-order chi connectivity index (χ1) is 18.2. The molecule has 2 aliphatic heterocycles. The van der Waals surface area contributed by atoms with Crippen LogP contribution in [-0.4, -0.2) is 79.2 Å². The second-order valence-electron chi connectivity index (χ2n) is 8.87. The smallest absolute Gasteiger partial charge is 0.341 e. The number of rotatable bonds is 5. The van der Waals surface area contributed by atoms with Crippen LogP contribution in [-0.2, 0) is 11.3 Å². The van der Waals surface area contributed by atoms with Crippen LogP contribution in [0.5, 0.6) is 0 Å². The molecular weight excluding hydrogens is 505 g/mol. The number of carbonyl (C=O) groups is 2. The number of carbonyl (C=O) groups excluding carboxylic acids is 2. The third-order valence-electron chi connectivity index (χ3n) is 6.37. The lowest BCUT2D eigenvalue weighted by atomic mass is 10.0. The van der Waals surface area contributed by atoms with E-state index in [4.69, 9.17) is 5.73 Å². The quantitative estimate of drug-likeness (QED) is 0.531. The fourth-order valence-corrected chi connectivity index (χ4v) is 4.44. The first kappa shape index (κ1) is 25.1. The average molecular weight is 528 g/mol. The van der Waals surface area contributed by atoms with Crippen molar-refractivity contribution >= 4 is 24.1 Å². The van der Waals surface area contributed by atoms with Crippen LogP contribution in [0.4, 0.5) is 23.9 Å². The Kier molecular flexibility index (Phi) is 6.65. The van der Waals surface area contributed by atoms with Crippen molar-refractivity contribution in [2.24, 2.45) is 10.8 Å². The molecule has 2 aliphatic rings. The summed E-state index contributed by atoms with van der Waals surface area (Å²) in [7, 11) is 0. The van der Waals surface area contributed by atoms with Gasteiger partial charge in [0.05, 0.1) is 17.9 Å². The molecule has 3 amide bonds. The van der Waals surface area contributed by atoms with Crippen molar-refractivity contribution in [3.8, 4) is 11.4 Å². The van der Waals surface area contributed by atoms with Crippen LogP contribution in [0.1, 0.15) is 23.7 Å². The van der Waals surface area contributed by atoms with Crippen molar-refractivity contribution in [2.45, 2.75) is 25.9 Å². The highest BCUT2D eigenvalue weighted by atomic mass is 19.1. The number of hydrazone groups is 1. The Balaban J connectivity index is 1.28. The molecule has 1 unspecified atom stereocenters. The predicted octanol–water partition coefficient (Wildman–Crippen LogP) is 1.62. The largest absolute Gasteiger partial charge is 0.368 e. The lowest BCUT2D eigenvalue weighted by Gasteiger charge is -2.37. The number of amides is 3. The first-order valence-electron chi connectivity index (χ1n) is 11.7. The summed E-state index contributed by atoms with van der Waals surface area (Å²) in [5, 5.41) is 13.2. The molecule has 0 saturated carbocycles. The van der Waals surface area contributed by atoms with Gasteiger partial charge in [0.15, 0.2) is 5.82 Å². The van der Waals surface area contributed by atoms with Crippen molar-refractivity contribution in [1.82, 2.24) is 34.9 Å². The summed E-state index contributed by atoms with van der Waals surface area (Å²) in [6, 6.07) is 2.16. The summed E-state index contributed by atoms with van der Waals surface area (Å²) >= 11 is 0. The molecule has 15 heteroatoms. The molecule has 1 saturated heterocycles. The van der Waals surface area contributed by atoms with Gasteiger partial charge in [0, 0.05) is 44.9 Å². The molecule has 0 bridgehead atoms. The van der Waals surface area contributed by atoms with E-state index in [-0.39, 0.29) is 23.9 Å². The number of nitrogens with zero attached hydrogens (tertiary/aromatic N) is 9. The van der Waals surface area contributed by atoms with Crippen molar-refractivity contribution in [2.75, 3.05) is 31.1 Å². The molecule has 1 atom stereocenters. The molecule has 0 aliphatic carbocycles. The third-order valence-corrected chi connectivity index (χ3v) is 6.37. The zero-order valence-electron chi connectivity index (χ0n) is 20.3. The van der Waals surface area contributed by atoms with Gasteiger partial charge in [-0.25, -0.2) is 37.6 Å². The van der Waals surface area contributed by atoms with E-state index in [1.165, 1.54) is 28.0 Å². The fourth-order valence-electron chi connectivity index (χ4n) is 4.44. The highest BCUT2D eigenvalue weighted by Gasteiger charge is 2.34. The van der Waals surface area contributed by atoms with Gasteiger partial charge in [0.25, 0.3) is 0 Å². The topological polar surface area (TPSA) is 139 Å². The van der Waals surface area contributed by atoms with E-state index in [1.54, 1.807) is 16.7 Å². The van der Waals surface area contributed by atoms with Gasteiger partial charge in [-0.1, -0.05) is 5.21 Å². The fraction of sp³-hybridized carbons (Fsp3) is 0.348. The third kappa shape index (κ3) is 4.86. The number of aromatic nitrogens is 5. The summed E-state index contributed by atoms with van der Waals surface area (Å²) in [5.41, 5.74) is 6.04. The number of piperazine rings is 1. The predicted molar refractivity (Wildman–Crippen MR) is 128 cm³/mol. The minimum absolute atomic E-state index is 0.0710. The van der Waals surface area contributed by atoms with Gasteiger partial charge in [-0.05, 0) is 24.6 Å². The summed E-state index contributed by atoms with van der Waals surface area (Å²) in [6.45, 7) is 2.69. The average Bonchev–Trinajstić information content (AvgIpc) is 3.51. The van der Waals surface area contributed by atoms with Crippen LogP contribution < -0.4 is 10.6 Å². The Labute approximate surface area is 214 Å². The monoisotopic (exact) mass is 528 g/mol. The molecule has 0 radical (unpaired) electrons. The molecule has 3 aromatic rings. The Morgan fingerprint density at radius 2 is 1.76 bits per heavy atom. The van der Waals surface area contributed by atoms with Crippen LogP contribution >= 0.6 is 0 Å². The lowest BCUT2D eigenvalue weighted by Crippen LogP contribution is -2.52. The van der Waals surface area contributed by atoms with Crippen LogP contribution in [0.3, 0.4) is 0 Å². The molecule has 2 aromatic heterocycles. The minimum atomic E-state index is -0.725. The zero-order valence-corrected chi connectivity index (χ0v) is 20.3. The maximum Gasteiger partial charge on any atom is 0.341 e. The summed E-state index contributed by atoms with van der Waals surface area (Å²) in [4.78, 5) is 36.2. The Hall–Kier alpha value is -4.56. The van der Waals surface area contributed by atoms with Gasteiger partial charge < -0.3 is 15.5 Å². The highest BCUT2D eigenvalue weighted by Crippen LogP contribution is 2.31. The van der Waals surface area contributed by atoms with Gasteiger partial charge in [-0.3, -0.25) is 4.79 Å². The number of primary amides is 1. The molecule has 4 heterocycles. The number of halogens is 3. The van der Waals surface area contributed by atoms with Crippen molar-refractivity contribution in [3.05, 3.63) is 53.1 Å². The number of nitrogens with two attached hydrogens (primary N) is 1. The van der Waals surface area contributed by atoms with Gasteiger partial charge in [0.1, 0.15) is 29.6 Å². The molecule has 198 valence electrons. The molecule has 38 heavy (non-hydrogen) atoms. The lowest BCUT2D eigenvalue weighted by molar-refractivity contribution is -0.118. The van der Waals surface area contributed by atoms with Crippen LogP contribution in [0.25, 0.3) is 11.4 Å². The maximum atomic E-state index is 14.6. The van der Waals surface area contributed by atoms with Crippen molar-refractivity contribution in [1.29, 1.82) is 0 Å². The Morgan fingerprint density at radius 1 is 1.05 bits per heavy atom. The second kappa shape index (κ2) is 10.1. The summed E-state index contributed by atoms with van der Waals surface area (Å²) in [5.74, 6) is -2.53. The first-order valence-corrected chi connectivity index (χ1v) is 11.7. The molecule has 0 spiro atoms. The SMILES string of the molecule is Cc1c(-c2nc(N3CCN(C(=O)N4N=CCC4c4cc(F)cc(F)c4)CC3)ncc2F)nnn1CC(N)=O. The normalized spacial score (nSPS) is 17.4. The van der Waals surface area contributed by atoms with Gasteiger partial charge in [-0.15, -0.1) is 5.10 Å². The van der Waals surface area contributed by atoms with E-state index < -0.39 is 35.4 Å². The van der Waals surface area contributed by atoms with Gasteiger partial charge in [-0.2, -0.15) is 5.10 Å². The minimum Gasteiger partial charge on any atom is -0.368 e. The van der Waals surface area contributed by atoms with E-state index in [9.17, 15) is 22.8 Å². The Morgan fingerprint density at radius 3 is 2.45 bits per heavy atom. The van der Waals surface area contributed by atoms with Crippen LogP contribution in [0.15, 0.2) is 29.5 Å². The Bertz CT molecular complexity index is 1400. The number of anilines is 1. The molecule has 1 aromatic carbocycles. The second-order valence-corrected chi connectivity index (χ2v) is 8.87. The molecule has 5 rings (SSSR count). The van der Waals surface area contributed by atoms with Gasteiger partial charge in [0.2, 0.25) is 11.9 Å². The number of hydrogen-bond acceptors (Lipinski definition) is 8. The van der Waals surface area contributed by atoms with E-state index in [2.05, 4.69) is 25.4 Å². The van der Waals surface area contributed by atoms with Crippen LogP contribution in [0, 0.1) is 24.4 Å².